The Morgan fingerprint density at radius 1 is 1.00 bits per heavy atom. The number of pyridine rings is 1. The quantitative estimate of drug-likeness (QED) is 0.889. The summed E-state index contributed by atoms with van der Waals surface area (Å²) in [7, 11) is 0. The van der Waals surface area contributed by atoms with Crippen molar-refractivity contribution in [1.29, 1.82) is 0 Å². The van der Waals surface area contributed by atoms with Gasteiger partial charge in [-0.15, -0.1) is 5.10 Å². The summed E-state index contributed by atoms with van der Waals surface area (Å²) in [5.74, 6) is 0.712. The van der Waals surface area contributed by atoms with Gasteiger partial charge in [0.2, 0.25) is 0 Å². The molecule has 0 amide bonds. The summed E-state index contributed by atoms with van der Waals surface area (Å²) in [5.41, 5.74) is 8.94. The van der Waals surface area contributed by atoms with Crippen LogP contribution in [0.4, 0.5) is 0 Å². The maximum absolute atomic E-state index is 5.83. The van der Waals surface area contributed by atoms with E-state index in [0.717, 1.165) is 11.3 Å². The molecule has 1 atom stereocenters. The van der Waals surface area contributed by atoms with E-state index in [1.807, 2.05) is 36.5 Å². The molecule has 4 heteroatoms. The third-order valence-corrected chi connectivity index (χ3v) is 3.19. The third-order valence-electron chi connectivity index (χ3n) is 3.19. The minimum absolute atomic E-state index is 0.142. The Morgan fingerprint density at radius 2 is 1.84 bits per heavy atom. The van der Waals surface area contributed by atoms with Crippen LogP contribution in [-0.2, 0) is 0 Å². The van der Waals surface area contributed by atoms with Crippen LogP contribution in [0.15, 0.2) is 65.1 Å². The molecule has 1 aromatic heterocycles. The van der Waals surface area contributed by atoms with Gasteiger partial charge in [0.25, 0.3) is 0 Å². The number of hydrogen-bond acceptors (Lipinski definition) is 4. The standard InChI is InChI=1S/C15H14N4/c16-14-9-13(11-5-2-1-3-6-11)15(19-18-14)12-7-4-8-17-10-12/h1-8,10,13H,9H2,(H2,16,18). The number of amidine groups is 1. The van der Waals surface area contributed by atoms with Crippen molar-refractivity contribution in [3.05, 3.63) is 66.0 Å². The molecular weight excluding hydrogens is 236 g/mol. The zero-order valence-electron chi connectivity index (χ0n) is 10.4. The number of nitrogens with two attached hydrogens (primary N) is 1. The first-order valence-corrected chi connectivity index (χ1v) is 6.20. The first kappa shape index (κ1) is 11.6. The van der Waals surface area contributed by atoms with Crippen LogP contribution in [0.1, 0.15) is 23.5 Å². The molecule has 0 bridgehead atoms. The maximum atomic E-state index is 5.83. The lowest BCUT2D eigenvalue weighted by molar-refractivity contribution is 0.886. The van der Waals surface area contributed by atoms with Gasteiger partial charge < -0.3 is 5.73 Å². The number of rotatable bonds is 2. The van der Waals surface area contributed by atoms with E-state index < -0.39 is 0 Å². The number of hydrogen-bond donors (Lipinski definition) is 1. The molecule has 0 radical (unpaired) electrons. The highest BCUT2D eigenvalue weighted by atomic mass is 15.2. The molecule has 1 aliphatic heterocycles. The summed E-state index contributed by atoms with van der Waals surface area (Å²) in [4.78, 5) is 4.15. The molecule has 2 N–H and O–H groups in total. The van der Waals surface area contributed by atoms with Gasteiger partial charge in [0.05, 0.1) is 5.71 Å². The highest BCUT2D eigenvalue weighted by molar-refractivity contribution is 6.08. The second-order valence-electron chi connectivity index (χ2n) is 4.49. The summed E-state index contributed by atoms with van der Waals surface area (Å²) in [6, 6.07) is 14.1. The smallest absolute Gasteiger partial charge is 0.123 e. The van der Waals surface area contributed by atoms with Crippen LogP contribution in [0.25, 0.3) is 0 Å². The largest absolute Gasteiger partial charge is 0.386 e. The summed E-state index contributed by atoms with van der Waals surface area (Å²) in [6.07, 6.45) is 4.26. The molecule has 2 aromatic rings. The zero-order chi connectivity index (χ0) is 13.1. The van der Waals surface area contributed by atoms with Gasteiger partial charge in [-0.25, -0.2) is 0 Å². The summed E-state index contributed by atoms with van der Waals surface area (Å²) in [5, 5.41) is 8.30. The van der Waals surface area contributed by atoms with Crippen molar-refractivity contribution < 1.29 is 0 Å². The van der Waals surface area contributed by atoms with Gasteiger partial charge in [0.15, 0.2) is 0 Å². The van der Waals surface area contributed by atoms with Crippen LogP contribution >= 0.6 is 0 Å². The lowest BCUT2D eigenvalue weighted by Crippen LogP contribution is -2.25. The second-order valence-corrected chi connectivity index (χ2v) is 4.49. The predicted octanol–water partition coefficient (Wildman–Crippen LogP) is 2.33. The van der Waals surface area contributed by atoms with E-state index >= 15 is 0 Å². The van der Waals surface area contributed by atoms with E-state index in [0.29, 0.717) is 12.3 Å². The van der Waals surface area contributed by atoms with Gasteiger partial charge in [-0.1, -0.05) is 30.3 Å². The summed E-state index contributed by atoms with van der Waals surface area (Å²) in [6.45, 7) is 0. The molecule has 0 saturated carbocycles. The minimum atomic E-state index is 0.142. The molecule has 0 fully saturated rings. The average Bonchev–Trinajstić information content (AvgIpc) is 2.49. The number of aromatic nitrogens is 1. The SMILES string of the molecule is NC1=NN=C(c2cccnc2)C(c2ccccc2)C1. The maximum Gasteiger partial charge on any atom is 0.123 e. The van der Waals surface area contributed by atoms with Crippen molar-refractivity contribution in [3.8, 4) is 0 Å². The van der Waals surface area contributed by atoms with Gasteiger partial charge in [-0.05, 0) is 17.7 Å². The minimum Gasteiger partial charge on any atom is -0.386 e. The van der Waals surface area contributed by atoms with Gasteiger partial charge in [-0.3, -0.25) is 4.98 Å². The van der Waals surface area contributed by atoms with Crippen molar-refractivity contribution in [2.45, 2.75) is 12.3 Å². The van der Waals surface area contributed by atoms with Crippen molar-refractivity contribution in [2.24, 2.45) is 15.9 Å². The fraction of sp³-hybridized carbons (Fsp3) is 0.133. The topological polar surface area (TPSA) is 63.6 Å². The molecule has 3 rings (SSSR count). The fourth-order valence-electron chi connectivity index (χ4n) is 2.27. The molecule has 1 aromatic carbocycles. The molecule has 1 unspecified atom stereocenters. The number of nitrogens with zero attached hydrogens (tertiary/aromatic N) is 3. The van der Waals surface area contributed by atoms with Crippen molar-refractivity contribution in [2.75, 3.05) is 0 Å². The van der Waals surface area contributed by atoms with Crippen molar-refractivity contribution in [1.82, 2.24) is 4.98 Å². The monoisotopic (exact) mass is 250 g/mol. The van der Waals surface area contributed by atoms with E-state index in [9.17, 15) is 0 Å². The molecule has 4 nitrogen and oxygen atoms in total. The predicted molar refractivity (Wildman–Crippen MR) is 76.2 cm³/mol. The highest BCUT2D eigenvalue weighted by Crippen LogP contribution is 2.27. The Morgan fingerprint density at radius 3 is 2.58 bits per heavy atom. The van der Waals surface area contributed by atoms with Crippen LogP contribution < -0.4 is 5.73 Å². The van der Waals surface area contributed by atoms with Crippen LogP contribution in [-0.4, -0.2) is 16.5 Å². The second kappa shape index (κ2) is 5.02. The Balaban J connectivity index is 2.04. The lowest BCUT2D eigenvalue weighted by Gasteiger charge is -2.21. The van der Waals surface area contributed by atoms with Crippen LogP contribution in [0.3, 0.4) is 0 Å². The zero-order valence-corrected chi connectivity index (χ0v) is 10.4. The molecule has 1 aliphatic rings. The molecule has 0 saturated heterocycles. The van der Waals surface area contributed by atoms with E-state index in [1.54, 1.807) is 6.20 Å². The van der Waals surface area contributed by atoms with E-state index in [-0.39, 0.29) is 5.92 Å². The van der Waals surface area contributed by atoms with Crippen LogP contribution in [0.5, 0.6) is 0 Å². The van der Waals surface area contributed by atoms with Gasteiger partial charge in [0, 0.05) is 30.3 Å². The lowest BCUT2D eigenvalue weighted by atomic mass is 9.87. The van der Waals surface area contributed by atoms with E-state index in [4.69, 9.17) is 5.73 Å². The summed E-state index contributed by atoms with van der Waals surface area (Å²) < 4.78 is 0. The highest BCUT2D eigenvalue weighted by Gasteiger charge is 2.24. The Hall–Kier alpha value is -2.49. The van der Waals surface area contributed by atoms with E-state index in [1.165, 1.54) is 5.56 Å². The fourth-order valence-corrected chi connectivity index (χ4v) is 2.27. The molecule has 94 valence electrons. The van der Waals surface area contributed by atoms with Gasteiger partial charge >= 0.3 is 0 Å². The first-order chi connectivity index (χ1) is 9.34. The normalized spacial score (nSPS) is 18.6. The van der Waals surface area contributed by atoms with Gasteiger partial charge in [0.1, 0.15) is 5.84 Å². The van der Waals surface area contributed by atoms with Crippen LogP contribution in [0, 0.1) is 0 Å². The third kappa shape index (κ3) is 2.38. The molecule has 0 aliphatic carbocycles. The van der Waals surface area contributed by atoms with Crippen molar-refractivity contribution in [3.63, 3.8) is 0 Å². The van der Waals surface area contributed by atoms with Crippen molar-refractivity contribution >= 4 is 11.5 Å². The van der Waals surface area contributed by atoms with Crippen LogP contribution in [0.2, 0.25) is 0 Å². The Labute approximate surface area is 111 Å². The van der Waals surface area contributed by atoms with Gasteiger partial charge in [-0.2, -0.15) is 5.10 Å². The molecular formula is C15H14N4. The molecule has 19 heavy (non-hydrogen) atoms. The Bertz CT molecular complexity index is 617. The van der Waals surface area contributed by atoms with E-state index in [2.05, 4.69) is 27.3 Å². The Kier molecular flexibility index (Phi) is 3.06. The first-order valence-electron chi connectivity index (χ1n) is 6.20. The average molecular weight is 250 g/mol. The summed E-state index contributed by atoms with van der Waals surface area (Å²) >= 11 is 0. The number of benzene rings is 1. The molecule has 2 heterocycles. The molecule has 0 spiro atoms.